The summed E-state index contributed by atoms with van der Waals surface area (Å²) < 4.78 is 0.906. The van der Waals surface area contributed by atoms with Crippen LogP contribution in [0.3, 0.4) is 0 Å². The van der Waals surface area contributed by atoms with Gasteiger partial charge in [-0.2, -0.15) is 0 Å². The van der Waals surface area contributed by atoms with Crippen LogP contribution in [0.2, 0.25) is 5.82 Å². The van der Waals surface area contributed by atoms with Crippen molar-refractivity contribution in [1.82, 2.24) is 0 Å². The summed E-state index contributed by atoms with van der Waals surface area (Å²) in [5, 5.41) is 11.6. The van der Waals surface area contributed by atoms with Crippen molar-refractivity contribution in [1.29, 1.82) is 0 Å². The summed E-state index contributed by atoms with van der Waals surface area (Å²) >= 11 is 0.0842. The van der Waals surface area contributed by atoms with Crippen molar-refractivity contribution in [2.75, 3.05) is 0 Å². The molecule has 0 aliphatic carbocycles. The number of rotatable bonds is 7. The van der Waals surface area contributed by atoms with Gasteiger partial charge in [0.1, 0.15) is 0 Å². The summed E-state index contributed by atoms with van der Waals surface area (Å²) in [6.45, 7) is 3.89. The van der Waals surface area contributed by atoms with Crippen LogP contribution in [-0.4, -0.2) is 31.6 Å². The first-order valence-corrected chi connectivity index (χ1v) is 11.3. The number of aliphatic hydroxyl groups is 1. The number of hydrogen-bond donors (Lipinski definition) is 1. The molecule has 0 aliphatic rings. The van der Waals surface area contributed by atoms with E-state index < -0.39 is 17.2 Å². The van der Waals surface area contributed by atoms with Gasteiger partial charge in [0, 0.05) is 0 Å². The molecule has 3 aromatic rings. The maximum absolute atomic E-state index is 13.3. The number of benzene rings is 3. The Kier molecular flexibility index (Phi) is 6.05. The third kappa shape index (κ3) is 3.63. The molecule has 140 valence electrons. The zero-order valence-corrected chi connectivity index (χ0v) is 17.2. The second-order valence-corrected chi connectivity index (χ2v) is 8.06. The molecular weight excluding hydrogens is 415 g/mol. The number of carbonyl (C=O) groups excluding carboxylic acids is 2. The van der Waals surface area contributed by atoms with Crippen LogP contribution >= 0.6 is 0 Å². The standard InChI is InChI=1S/C24H20O3Se/c1-17(22(25)20-15-9-10-16-21(20)28-2)24(27,19-13-7-4-8-14-19)23(26)18-11-5-3-6-12-18/h3-16,27H,1H2,2H3. The maximum atomic E-state index is 13.3. The molecule has 3 nitrogen and oxygen atoms in total. The molecule has 0 saturated heterocycles. The molecule has 0 amide bonds. The molecule has 0 bridgehead atoms. The number of hydrogen-bond acceptors (Lipinski definition) is 3. The van der Waals surface area contributed by atoms with Crippen LogP contribution in [0.1, 0.15) is 26.3 Å². The van der Waals surface area contributed by atoms with E-state index in [-0.39, 0.29) is 20.5 Å². The van der Waals surface area contributed by atoms with E-state index in [1.54, 1.807) is 72.8 Å². The molecule has 1 atom stereocenters. The van der Waals surface area contributed by atoms with Gasteiger partial charge in [0.05, 0.1) is 0 Å². The predicted molar refractivity (Wildman–Crippen MR) is 112 cm³/mol. The molecule has 0 aliphatic heterocycles. The van der Waals surface area contributed by atoms with Crippen molar-refractivity contribution in [3.63, 3.8) is 0 Å². The van der Waals surface area contributed by atoms with Crippen LogP contribution in [0.5, 0.6) is 0 Å². The van der Waals surface area contributed by atoms with Gasteiger partial charge in [-0.1, -0.05) is 0 Å². The summed E-state index contributed by atoms with van der Waals surface area (Å²) in [5.41, 5.74) is -1.18. The average Bonchev–Trinajstić information content (AvgIpc) is 2.78. The van der Waals surface area contributed by atoms with Crippen molar-refractivity contribution in [2.45, 2.75) is 11.4 Å². The van der Waals surface area contributed by atoms with Crippen LogP contribution in [0.15, 0.2) is 97.1 Å². The molecule has 1 N–H and O–H groups in total. The molecule has 0 heterocycles. The van der Waals surface area contributed by atoms with Gasteiger partial charge in [-0.05, 0) is 0 Å². The Hall–Kier alpha value is -2.78. The van der Waals surface area contributed by atoms with Crippen molar-refractivity contribution in [2.24, 2.45) is 0 Å². The van der Waals surface area contributed by atoms with E-state index in [0.29, 0.717) is 16.7 Å². The fourth-order valence-electron chi connectivity index (χ4n) is 3.08. The predicted octanol–water partition coefficient (Wildman–Crippen LogP) is 3.57. The Labute approximate surface area is 170 Å². The van der Waals surface area contributed by atoms with E-state index in [1.165, 1.54) is 0 Å². The Morgan fingerprint density at radius 1 is 0.857 bits per heavy atom. The molecule has 1 unspecified atom stereocenters. The van der Waals surface area contributed by atoms with Crippen LogP contribution in [0.25, 0.3) is 0 Å². The minimum atomic E-state index is -2.15. The normalized spacial score (nSPS) is 12.8. The van der Waals surface area contributed by atoms with E-state index in [1.807, 2.05) is 18.0 Å². The van der Waals surface area contributed by atoms with E-state index >= 15 is 0 Å². The van der Waals surface area contributed by atoms with Gasteiger partial charge in [-0.15, -0.1) is 0 Å². The summed E-state index contributed by atoms with van der Waals surface area (Å²) in [5.74, 6) is 1.02. The summed E-state index contributed by atoms with van der Waals surface area (Å²) in [4.78, 5) is 26.6. The Balaban J connectivity index is 2.13. The molecule has 4 heteroatoms. The third-order valence-electron chi connectivity index (χ3n) is 4.62. The fraction of sp³-hybridized carbons (Fsp3) is 0.0833. The Bertz CT molecular complexity index is 1010. The first-order chi connectivity index (χ1) is 13.5. The van der Waals surface area contributed by atoms with Crippen LogP contribution in [0, 0.1) is 0 Å². The van der Waals surface area contributed by atoms with Crippen LogP contribution < -0.4 is 4.46 Å². The van der Waals surface area contributed by atoms with Crippen molar-refractivity contribution >= 4 is 31.0 Å². The van der Waals surface area contributed by atoms with Crippen molar-refractivity contribution in [3.8, 4) is 0 Å². The number of Topliss-reactive ketones (excluding diaryl/α,β-unsaturated/α-hetero) is 2. The zero-order chi connectivity index (χ0) is 20.1. The van der Waals surface area contributed by atoms with Crippen molar-refractivity contribution < 1.29 is 14.7 Å². The molecular formula is C24H20O3Se. The molecule has 3 rings (SSSR count). The van der Waals surface area contributed by atoms with E-state index in [4.69, 9.17) is 0 Å². The molecule has 0 fully saturated rings. The average molecular weight is 435 g/mol. The Morgan fingerprint density at radius 2 is 1.39 bits per heavy atom. The van der Waals surface area contributed by atoms with Crippen LogP contribution in [0.4, 0.5) is 0 Å². The molecule has 0 aromatic heterocycles. The second-order valence-electron chi connectivity index (χ2n) is 6.28. The van der Waals surface area contributed by atoms with Gasteiger partial charge < -0.3 is 0 Å². The molecule has 0 radical (unpaired) electrons. The van der Waals surface area contributed by atoms with Gasteiger partial charge >= 0.3 is 171 Å². The quantitative estimate of drug-likeness (QED) is 0.351. The SMILES string of the molecule is C=C(C(=O)c1ccccc1[Se]C)C(O)(C(=O)c1ccccc1)c1ccccc1. The number of carbonyl (C=O) groups is 2. The summed E-state index contributed by atoms with van der Waals surface area (Å²) in [6.07, 6.45) is 0. The van der Waals surface area contributed by atoms with Gasteiger partial charge in [0.2, 0.25) is 0 Å². The fourth-order valence-corrected chi connectivity index (χ4v) is 4.33. The van der Waals surface area contributed by atoms with E-state index in [2.05, 4.69) is 6.58 Å². The van der Waals surface area contributed by atoms with Crippen molar-refractivity contribution in [3.05, 3.63) is 114 Å². The van der Waals surface area contributed by atoms with E-state index in [0.717, 1.165) is 4.46 Å². The molecule has 28 heavy (non-hydrogen) atoms. The number of ketones is 2. The molecule has 3 aromatic carbocycles. The van der Waals surface area contributed by atoms with Gasteiger partial charge in [0.15, 0.2) is 0 Å². The van der Waals surface area contributed by atoms with Crippen LogP contribution in [-0.2, 0) is 5.60 Å². The first kappa shape index (κ1) is 20.0. The van der Waals surface area contributed by atoms with E-state index in [9.17, 15) is 14.7 Å². The topological polar surface area (TPSA) is 54.4 Å². The van der Waals surface area contributed by atoms with Gasteiger partial charge in [-0.3, -0.25) is 0 Å². The molecule has 0 spiro atoms. The monoisotopic (exact) mass is 436 g/mol. The summed E-state index contributed by atoms with van der Waals surface area (Å²) in [6, 6.07) is 24.2. The summed E-state index contributed by atoms with van der Waals surface area (Å²) in [7, 11) is 0. The Morgan fingerprint density at radius 3 is 2.00 bits per heavy atom. The minimum absolute atomic E-state index is 0.0842. The molecule has 0 saturated carbocycles. The van der Waals surface area contributed by atoms with Gasteiger partial charge in [0.25, 0.3) is 0 Å². The third-order valence-corrected chi connectivity index (χ3v) is 6.29. The first-order valence-electron chi connectivity index (χ1n) is 8.75. The van der Waals surface area contributed by atoms with Gasteiger partial charge in [-0.25, -0.2) is 0 Å². The zero-order valence-electron chi connectivity index (χ0n) is 15.5. The second kappa shape index (κ2) is 8.49.